The van der Waals surface area contributed by atoms with Crippen LogP contribution in [0, 0.1) is 0 Å². The summed E-state index contributed by atoms with van der Waals surface area (Å²) < 4.78 is 2.07. The molecule has 0 aliphatic carbocycles. The van der Waals surface area contributed by atoms with Crippen molar-refractivity contribution in [3.63, 3.8) is 0 Å². The van der Waals surface area contributed by atoms with Crippen molar-refractivity contribution in [2.75, 3.05) is 5.32 Å². The maximum atomic E-state index is 12.8. The average molecular weight is 418 g/mol. The van der Waals surface area contributed by atoms with Gasteiger partial charge < -0.3 is 9.88 Å². The molecule has 1 N–H and O–H groups in total. The molecule has 2 aromatic carbocycles. The van der Waals surface area contributed by atoms with Crippen LogP contribution in [0.1, 0.15) is 20.3 Å². The molecule has 0 aliphatic rings. The summed E-state index contributed by atoms with van der Waals surface area (Å²) in [5.74, 6) is 0.732. The Balaban J connectivity index is 1.50. The van der Waals surface area contributed by atoms with Crippen LogP contribution in [0.4, 0.5) is 5.69 Å². The Morgan fingerprint density at radius 2 is 1.83 bits per heavy atom. The summed E-state index contributed by atoms with van der Waals surface area (Å²) in [4.78, 5) is 16.9. The van der Waals surface area contributed by atoms with Crippen LogP contribution in [0.15, 0.2) is 72.1 Å². The standard InChI is InChI=1S/C23H23N5OS/c1-3-14-28-21(18-10-12-24-13-11-18)26-27-23(28)30-16(2)22(29)25-20-9-8-17-6-4-5-7-19(17)15-20/h4-13,15-16H,3,14H2,1-2H3,(H,25,29). The number of pyridine rings is 1. The lowest BCUT2D eigenvalue weighted by Crippen LogP contribution is -2.23. The van der Waals surface area contributed by atoms with E-state index in [9.17, 15) is 4.79 Å². The van der Waals surface area contributed by atoms with Crippen LogP contribution >= 0.6 is 11.8 Å². The molecule has 0 spiro atoms. The van der Waals surface area contributed by atoms with E-state index in [1.54, 1.807) is 12.4 Å². The van der Waals surface area contributed by atoms with Gasteiger partial charge in [0.1, 0.15) is 0 Å². The second kappa shape index (κ2) is 9.09. The third-order valence-electron chi connectivity index (χ3n) is 4.77. The number of nitrogens with zero attached hydrogens (tertiary/aromatic N) is 4. The van der Waals surface area contributed by atoms with Crippen LogP contribution in [0.3, 0.4) is 0 Å². The number of hydrogen-bond acceptors (Lipinski definition) is 5. The van der Waals surface area contributed by atoms with E-state index in [4.69, 9.17) is 0 Å². The predicted molar refractivity (Wildman–Crippen MR) is 121 cm³/mol. The molecule has 0 aliphatic heterocycles. The number of hydrogen-bond donors (Lipinski definition) is 1. The van der Waals surface area contributed by atoms with E-state index >= 15 is 0 Å². The van der Waals surface area contributed by atoms with Crippen molar-refractivity contribution in [3.8, 4) is 11.4 Å². The Hall–Kier alpha value is -3.19. The smallest absolute Gasteiger partial charge is 0.237 e. The molecule has 6 nitrogen and oxygen atoms in total. The van der Waals surface area contributed by atoms with Crippen LogP contribution in [-0.2, 0) is 11.3 Å². The Morgan fingerprint density at radius 3 is 2.60 bits per heavy atom. The van der Waals surface area contributed by atoms with E-state index in [2.05, 4.69) is 38.1 Å². The molecule has 2 heterocycles. The highest BCUT2D eigenvalue weighted by Crippen LogP contribution is 2.28. The van der Waals surface area contributed by atoms with E-state index in [0.29, 0.717) is 0 Å². The number of aromatic nitrogens is 4. The van der Waals surface area contributed by atoms with E-state index in [-0.39, 0.29) is 11.2 Å². The van der Waals surface area contributed by atoms with Gasteiger partial charge in [0.15, 0.2) is 11.0 Å². The van der Waals surface area contributed by atoms with Crippen LogP contribution in [0.2, 0.25) is 0 Å². The van der Waals surface area contributed by atoms with Crippen molar-refractivity contribution in [1.82, 2.24) is 19.7 Å². The Bertz CT molecular complexity index is 1160. The summed E-state index contributed by atoms with van der Waals surface area (Å²) in [5, 5.41) is 14.4. The Labute approximate surface area is 179 Å². The van der Waals surface area contributed by atoms with E-state index in [0.717, 1.165) is 46.0 Å². The molecular weight excluding hydrogens is 394 g/mol. The number of nitrogens with one attached hydrogen (secondary N) is 1. The van der Waals surface area contributed by atoms with E-state index < -0.39 is 0 Å². The summed E-state index contributed by atoms with van der Waals surface area (Å²) in [6.07, 6.45) is 4.43. The lowest BCUT2D eigenvalue weighted by atomic mass is 10.1. The molecule has 4 aromatic rings. The minimum absolute atomic E-state index is 0.0632. The van der Waals surface area contributed by atoms with Crippen LogP contribution < -0.4 is 5.32 Å². The molecule has 30 heavy (non-hydrogen) atoms. The number of amides is 1. The Morgan fingerprint density at radius 1 is 1.07 bits per heavy atom. The summed E-state index contributed by atoms with van der Waals surface area (Å²) in [6.45, 7) is 4.78. The molecule has 0 saturated carbocycles. The fourth-order valence-corrected chi connectivity index (χ4v) is 4.11. The number of benzene rings is 2. The fourth-order valence-electron chi connectivity index (χ4n) is 3.24. The van der Waals surface area contributed by atoms with Gasteiger partial charge in [-0.15, -0.1) is 10.2 Å². The van der Waals surface area contributed by atoms with Gasteiger partial charge in [-0.05, 0) is 48.4 Å². The topological polar surface area (TPSA) is 72.7 Å². The summed E-state index contributed by atoms with van der Waals surface area (Å²) in [7, 11) is 0. The largest absolute Gasteiger partial charge is 0.325 e. The molecule has 152 valence electrons. The summed E-state index contributed by atoms with van der Waals surface area (Å²) in [6, 6.07) is 17.9. The summed E-state index contributed by atoms with van der Waals surface area (Å²) >= 11 is 1.42. The first kappa shape index (κ1) is 20.1. The molecule has 4 rings (SSSR count). The molecule has 0 bridgehead atoms. The van der Waals surface area contributed by atoms with Crippen molar-refractivity contribution < 1.29 is 4.79 Å². The average Bonchev–Trinajstić information content (AvgIpc) is 3.16. The third kappa shape index (κ3) is 4.36. The van der Waals surface area contributed by atoms with E-state index in [1.165, 1.54) is 11.8 Å². The maximum absolute atomic E-state index is 12.8. The molecule has 7 heteroatoms. The van der Waals surface area contributed by atoms with Crippen LogP contribution in [0.25, 0.3) is 22.2 Å². The van der Waals surface area contributed by atoms with Gasteiger partial charge in [-0.1, -0.05) is 49.0 Å². The Kier molecular flexibility index (Phi) is 6.09. The zero-order chi connectivity index (χ0) is 20.9. The monoisotopic (exact) mass is 417 g/mol. The minimum atomic E-state index is -0.318. The first-order valence-electron chi connectivity index (χ1n) is 9.95. The number of thioether (sulfide) groups is 1. The first-order chi connectivity index (χ1) is 14.7. The highest BCUT2D eigenvalue weighted by atomic mass is 32.2. The molecule has 1 unspecified atom stereocenters. The highest BCUT2D eigenvalue weighted by Gasteiger charge is 2.21. The number of rotatable bonds is 7. The number of carbonyl (C=O) groups is 1. The predicted octanol–water partition coefficient (Wildman–Crippen LogP) is 5.02. The lowest BCUT2D eigenvalue weighted by molar-refractivity contribution is -0.115. The van der Waals surface area contributed by atoms with Gasteiger partial charge in [-0.2, -0.15) is 0 Å². The van der Waals surface area contributed by atoms with Crippen molar-refractivity contribution in [2.45, 2.75) is 37.2 Å². The molecule has 1 atom stereocenters. The van der Waals surface area contributed by atoms with Crippen molar-refractivity contribution in [1.29, 1.82) is 0 Å². The number of anilines is 1. The molecular formula is C23H23N5OS. The second-order valence-corrected chi connectivity index (χ2v) is 8.31. The van der Waals surface area contributed by atoms with Gasteiger partial charge in [-0.25, -0.2) is 0 Å². The van der Waals surface area contributed by atoms with Crippen molar-refractivity contribution in [2.24, 2.45) is 0 Å². The fraction of sp³-hybridized carbons (Fsp3) is 0.217. The maximum Gasteiger partial charge on any atom is 0.237 e. The van der Waals surface area contributed by atoms with Crippen LogP contribution in [0.5, 0.6) is 0 Å². The van der Waals surface area contributed by atoms with Gasteiger partial charge in [0.2, 0.25) is 5.91 Å². The lowest BCUT2D eigenvalue weighted by Gasteiger charge is -2.14. The van der Waals surface area contributed by atoms with Gasteiger partial charge in [0.05, 0.1) is 5.25 Å². The van der Waals surface area contributed by atoms with Crippen LogP contribution in [-0.4, -0.2) is 30.9 Å². The highest BCUT2D eigenvalue weighted by molar-refractivity contribution is 8.00. The van der Waals surface area contributed by atoms with Gasteiger partial charge >= 0.3 is 0 Å². The second-order valence-electron chi connectivity index (χ2n) is 7.00. The normalized spacial score (nSPS) is 12.1. The SMILES string of the molecule is CCCn1c(SC(C)C(=O)Nc2ccc3ccccc3c2)nnc1-c1ccncc1. The quantitative estimate of drug-likeness (QED) is 0.427. The van der Waals surface area contributed by atoms with Gasteiger partial charge in [-0.3, -0.25) is 9.78 Å². The van der Waals surface area contributed by atoms with Crippen molar-refractivity contribution in [3.05, 3.63) is 67.0 Å². The molecule has 0 saturated heterocycles. The zero-order valence-electron chi connectivity index (χ0n) is 16.9. The van der Waals surface area contributed by atoms with E-state index in [1.807, 2.05) is 55.5 Å². The zero-order valence-corrected chi connectivity index (χ0v) is 17.8. The first-order valence-corrected chi connectivity index (χ1v) is 10.8. The molecule has 2 aromatic heterocycles. The minimum Gasteiger partial charge on any atom is -0.325 e. The molecule has 1 amide bonds. The molecule has 0 radical (unpaired) electrons. The number of carbonyl (C=O) groups excluding carboxylic acids is 1. The summed E-state index contributed by atoms with van der Waals surface area (Å²) in [5.41, 5.74) is 1.75. The van der Waals surface area contributed by atoms with Gasteiger partial charge in [0, 0.05) is 30.2 Å². The number of fused-ring (bicyclic) bond motifs is 1. The molecule has 0 fully saturated rings. The van der Waals surface area contributed by atoms with Crippen molar-refractivity contribution >= 4 is 34.1 Å². The van der Waals surface area contributed by atoms with Gasteiger partial charge in [0.25, 0.3) is 0 Å². The third-order valence-corrected chi connectivity index (χ3v) is 5.85.